The number of thioether (sulfide) groups is 1. The SMILES string of the molecule is Cc1nc(Cl)cc(N2CCCC2C(=O)N2CCSCC2)n1. The Balaban J connectivity index is 1.79. The largest absolute Gasteiger partial charge is 0.344 e. The quantitative estimate of drug-likeness (QED) is 0.778. The predicted octanol–water partition coefficient (Wildman–Crippen LogP) is 1.98. The van der Waals surface area contributed by atoms with E-state index in [2.05, 4.69) is 14.9 Å². The van der Waals surface area contributed by atoms with Crippen molar-refractivity contribution in [1.29, 1.82) is 0 Å². The van der Waals surface area contributed by atoms with Crippen LogP contribution >= 0.6 is 23.4 Å². The van der Waals surface area contributed by atoms with E-state index in [-0.39, 0.29) is 11.9 Å². The molecular weight excluding hydrogens is 308 g/mol. The second-order valence-electron chi connectivity index (χ2n) is 5.39. The second-order valence-corrected chi connectivity index (χ2v) is 7.00. The summed E-state index contributed by atoms with van der Waals surface area (Å²) in [5.41, 5.74) is 0. The van der Waals surface area contributed by atoms with Crippen molar-refractivity contribution in [2.24, 2.45) is 0 Å². The van der Waals surface area contributed by atoms with Crippen molar-refractivity contribution >= 4 is 35.1 Å². The van der Waals surface area contributed by atoms with E-state index in [0.717, 1.165) is 49.8 Å². The Labute approximate surface area is 134 Å². The fourth-order valence-electron chi connectivity index (χ4n) is 2.96. The highest BCUT2D eigenvalue weighted by Crippen LogP contribution is 2.27. The third-order valence-electron chi connectivity index (χ3n) is 3.95. The second kappa shape index (κ2) is 6.40. The molecule has 21 heavy (non-hydrogen) atoms. The van der Waals surface area contributed by atoms with Gasteiger partial charge in [-0.1, -0.05) is 11.6 Å². The molecule has 0 N–H and O–H groups in total. The Morgan fingerprint density at radius 2 is 2.10 bits per heavy atom. The van der Waals surface area contributed by atoms with Crippen LogP contribution in [-0.4, -0.2) is 58.0 Å². The van der Waals surface area contributed by atoms with Crippen LogP contribution in [0.3, 0.4) is 0 Å². The van der Waals surface area contributed by atoms with Crippen LogP contribution < -0.4 is 4.90 Å². The molecule has 3 rings (SSSR count). The van der Waals surface area contributed by atoms with Crippen LogP contribution in [0.4, 0.5) is 5.82 Å². The molecule has 2 fully saturated rings. The van der Waals surface area contributed by atoms with E-state index in [0.29, 0.717) is 11.0 Å². The van der Waals surface area contributed by atoms with Gasteiger partial charge in [0.2, 0.25) is 5.91 Å². The number of aromatic nitrogens is 2. The zero-order valence-electron chi connectivity index (χ0n) is 12.1. The van der Waals surface area contributed by atoms with Gasteiger partial charge in [0, 0.05) is 37.2 Å². The van der Waals surface area contributed by atoms with Crippen LogP contribution in [0.25, 0.3) is 0 Å². The maximum absolute atomic E-state index is 12.8. The summed E-state index contributed by atoms with van der Waals surface area (Å²) in [5.74, 6) is 3.73. The van der Waals surface area contributed by atoms with Gasteiger partial charge in [-0.15, -0.1) is 0 Å². The van der Waals surface area contributed by atoms with Gasteiger partial charge < -0.3 is 9.80 Å². The molecule has 1 atom stereocenters. The molecule has 1 unspecified atom stereocenters. The van der Waals surface area contributed by atoms with Gasteiger partial charge in [0.25, 0.3) is 0 Å². The first-order valence-corrected chi connectivity index (χ1v) is 8.83. The van der Waals surface area contributed by atoms with E-state index < -0.39 is 0 Å². The molecule has 2 saturated heterocycles. The minimum Gasteiger partial charge on any atom is -0.344 e. The summed E-state index contributed by atoms with van der Waals surface area (Å²) in [6.07, 6.45) is 1.91. The van der Waals surface area contributed by atoms with Gasteiger partial charge >= 0.3 is 0 Å². The van der Waals surface area contributed by atoms with E-state index in [9.17, 15) is 4.79 Å². The van der Waals surface area contributed by atoms with Crippen LogP contribution in [0.15, 0.2) is 6.07 Å². The molecule has 1 aromatic rings. The summed E-state index contributed by atoms with van der Waals surface area (Å²) in [6, 6.07) is 1.66. The fraction of sp³-hybridized carbons (Fsp3) is 0.643. The van der Waals surface area contributed by atoms with Gasteiger partial charge in [0.15, 0.2) is 0 Å². The van der Waals surface area contributed by atoms with Gasteiger partial charge in [-0.2, -0.15) is 11.8 Å². The molecule has 2 aliphatic heterocycles. The minimum atomic E-state index is -0.0986. The molecule has 7 heteroatoms. The minimum absolute atomic E-state index is 0.0986. The summed E-state index contributed by atoms with van der Waals surface area (Å²) in [4.78, 5) is 25.4. The maximum Gasteiger partial charge on any atom is 0.245 e. The van der Waals surface area contributed by atoms with Gasteiger partial charge in [0.05, 0.1) is 0 Å². The molecule has 0 aromatic carbocycles. The lowest BCUT2D eigenvalue weighted by Crippen LogP contribution is -2.48. The van der Waals surface area contributed by atoms with Gasteiger partial charge in [0.1, 0.15) is 22.8 Å². The lowest BCUT2D eigenvalue weighted by Gasteiger charge is -2.32. The van der Waals surface area contributed by atoms with Crippen molar-refractivity contribution in [1.82, 2.24) is 14.9 Å². The number of halogens is 1. The van der Waals surface area contributed by atoms with Crippen molar-refractivity contribution in [3.8, 4) is 0 Å². The van der Waals surface area contributed by atoms with Crippen molar-refractivity contribution < 1.29 is 4.79 Å². The maximum atomic E-state index is 12.8. The molecule has 3 heterocycles. The number of aryl methyl sites for hydroxylation is 1. The topological polar surface area (TPSA) is 49.3 Å². The van der Waals surface area contributed by atoms with Gasteiger partial charge in [-0.05, 0) is 19.8 Å². The lowest BCUT2D eigenvalue weighted by molar-refractivity contribution is -0.132. The predicted molar refractivity (Wildman–Crippen MR) is 86.1 cm³/mol. The number of hydrogen-bond acceptors (Lipinski definition) is 5. The van der Waals surface area contributed by atoms with E-state index in [1.807, 2.05) is 23.6 Å². The smallest absolute Gasteiger partial charge is 0.245 e. The van der Waals surface area contributed by atoms with E-state index in [1.54, 1.807) is 6.07 Å². The Hall–Kier alpha value is -1.01. The number of hydrogen-bond donors (Lipinski definition) is 0. The number of rotatable bonds is 2. The molecule has 0 radical (unpaired) electrons. The average molecular weight is 327 g/mol. The standard InChI is InChI=1S/C14H19ClN4OS/c1-10-16-12(15)9-13(17-10)19-4-2-3-11(19)14(20)18-5-7-21-8-6-18/h9,11H,2-8H2,1H3. The number of nitrogens with zero attached hydrogens (tertiary/aromatic N) is 4. The summed E-state index contributed by atoms with van der Waals surface area (Å²) in [6.45, 7) is 4.39. The monoisotopic (exact) mass is 326 g/mol. The first kappa shape index (κ1) is 14.9. The van der Waals surface area contributed by atoms with E-state index >= 15 is 0 Å². The number of anilines is 1. The zero-order chi connectivity index (χ0) is 14.8. The molecule has 1 amide bonds. The first-order valence-electron chi connectivity index (χ1n) is 7.29. The van der Waals surface area contributed by atoms with Crippen LogP contribution in [0.1, 0.15) is 18.7 Å². The molecule has 0 spiro atoms. The zero-order valence-corrected chi connectivity index (χ0v) is 13.7. The van der Waals surface area contributed by atoms with Gasteiger partial charge in [-0.3, -0.25) is 4.79 Å². The van der Waals surface area contributed by atoms with Crippen LogP contribution in [0.2, 0.25) is 5.15 Å². The molecule has 0 saturated carbocycles. The molecular formula is C14H19ClN4OS. The molecule has 0 aliphatic carbocycles. The summed E-state index contributed by atoms with van der Waals surface area (Å²) >= 11 is 7.94. The average Bonchev–Trinajstić information content (AvgIpc) is 2.96. The Kier molecular flexibility index (Phi) is 4.54. The Morgan fingerprint density at radius 3 is 2.81 bits per heavy atom. The molecule has 2 aliphatic rings. The Bertz CT molecular complexity index is 515. The normalized spacial score (nSPS) is 22.7. The van der Waals surface area contributed by atoms with E-state index in [1.165, 1.54) is 0 Å². The lowest BCUT2D eigenvalue weighted by atomic mass is 10.2. The highest BCUT2D eigenvalue weighted by molar-refractivity contribution is 7.99. The van der Waals surface area contributed by atoms with Crippen LogP contribution in [0, 0.1) is 6.92 Å². The first-order chi connectivity index (χ1) is 10.1. The van der Waals surface area contributed by atoms with Crippen molar-refractivity contribution in [3.05, 3.63) is 17.0 Å². The molecule has 5 nitrogen and oxygen atoms in total. The van der Waals surface area contributed by atoms with Gasteiger partial charge in [-0.25, -0.2) is 9.97 Å². The Morgan fingerprint density at radius 1 is 1.33 bits per heavy atom. The van der Waals surface area contributed by atoms with Crippen molar-refractivity contribution in [2.75, 3.05) is 36.0 Å². The van der Waals surface area contributed by atoms with Crippen LogP contribution in [-0.2, 0) is 4.79 Å². The summed E-state index contributed by atoms with van der Waals surface area (Å²) in [5, 5.41) is 0.435. The summed E-state index contributed by atoms with van der Waals surface area (Å²) < 4.78 is 0. The number of amides is 1. The molecule has 0 bridgehead atoms. The highest BCUT2D eigenvalue weighted by atomic mass is 35.5. The molecule has 1 aromatic heterocycles. The van der Waals surface area contributed by atoms with Crippen LogP contribution in [0.5, 0.6) is 0 Å². The van der Waals surface area contributed by atoms with Crippen molar-refractivity contribution in [2.45, 2.75) is 25.8 Å². The third kappa shape index (κ3) is 3.26. The fourth-order valence-corrected chi connectivity index (χ4v) is 4.08. The third-order valence-corrected chi connectivity index (χ3v) is 5.08. The number of carbonyl (C=O) groups excluding carboxylic acids is 1. The number of carbonyl (C=O) groups is 1. The van der Waals surface area contributed by atoms with E-state index in [4.69, 9.17) is 11.6 Å². The highest BCUT2D eigenvalue weighted by Gasteiger charge is 2.35. The molecule has 114 valence electrons. The summed E-state index contributed by atoms with van der Waals surface area (Å²) in [7, 11) is 0. The van der Waals surface area contributed by atoms with Crippen molar-refractivity contribution in [3.63, 3.8) is 0 Å².